The molecule has 0 aliphatic rings. The topological polar surface area (TPSA) is 47.0 Å². The van der Waals surface area contributed by atoms with Crippen LogP contribution in [0.1, 0.15) is 41.6 Å². The van der Waals surface area contributed by atoms with Crippen molar-refractivity contribution < 1.29 is 12.8 Å². The number of halogens is 1. The number of hydrogen-bond donors (Lipinski definition) is 0. The number of benzene rings is 1. The van der Waals surface area contributed by atoms with E-state index in [1.165, 1.54) is 23.5 Å². The number of nitrogens with zero attached hydrogens (tertiary/aromatic N) is 1. The molecular weight excluding hydrogens is 309 g/mol. The van der Waals surface area contributed by atoms with Gasteiger partial charge in [0.1, 0.15) is 5.82 Å². The highest BCUT2D eigenvalue weighted by Gasteiger charge is 2.18. The minimum Gasteiger partial charge on any atom is -0.245 e. The molecule has 0 saturated carbocycles. The van der Waals surface area contributed by atoms with Gasteiger partial charge in [0.15, 0.2) is 9.84 Å². The van der Waals surface area contributed by atoms with Gasteiger partial charge in [0.05, 0.1) is 22.2 Å². The minimum atomic E-state index is -3.43. The molecule has 21 heavy (non-hydrogen) atoms. The first-order valence-corrected chi connectivity index (χ1v) is 9.36. The van der Waals surface area contributed by atoms with Crippen LogP contribution in [0, 0.1) is 12.7 Å². The second-order valence-electron chi connectivity index (χ2n) is 5.46. The third kappa shape index (κ3) is 4.35. The van der Waals surface area contributed by atoms with Gasteiger partial charge in [0, 0.05) is 16.9 Å². The van der Waals surface area contributed by atoms with Gasteiger partial charge in [-0.15, -0.1) is 11.3 Å². The normalized spacial score (nSPS) is 12.0. The van der Waals surface area contributed by atoms with Crippen LogP contribution in [0.2, 0.25) is 0 Å². The lowest BCUT2D eigenvalue weighted by atomic mass is 10.2. The van der Waals surface area contributed by atoms with Gasteiger partial charge in [-0.3, -0.25) is 0 Å². The number of thiazole rings is 1. The Morgan fingerprint density at radius 3 is 2.57 bits per heavy atom. The smallest absolute Gasteiger partial charge is 0.160 e. The summed E-state index contributed by atoms with van der Waals surface area (Å²) in [5.41, 5.74) is 1.52. The van der Waals surface area contributed by atoms with Crippen LogP contribution < -0.4 is 0 Å². The van der Waals surface area contributed by atoms with Gasteiger partial charge < -0.3 is 0 Å². The van der Waals surface area contributed by atoms with Crippen LogP contribution >= 0.6 is 11.3 Å². The van der Waals surface area contributed by atoms with E-state index in [-0.39, 0.29) is 23.0 Å². The Labute approximate surface area is 128 Å². The predicted molar refractivity (Wildman–Crippen MR) is 83.7 cm³/mol. The number of aryl methyl sites for hydroxylation is 1. The van der Waals surface area contributed by atoms with Crippen molar-refractivity contribution in [2.45, 2.75) is 38.2 Å². The van der Waals surface area contributed by atoms with Crippen molar-refractivity contribution >= 4 is 21.2 Å². The van der Waals surface area contributed by atoms with Crippen LogP contribution in [-0.2, 0) is 21.3 Å². The van der Waals surface area contributed by atoms with Crippen LogP contribution in [0.25, 0.3) is 0 Å². The van der Waals surface area contributed by atoms with Crippen molar-refractivity contribution in [2.75, 3.05) is 0 Å². The molecule has 3 nitrogen and oxygen atoms in total. The van der Waals surface area contributed by atoms with Gasteiger partial charge in [-0.2, -0.15) is 0 Å². The lowest BCUT2D eigenvalue weighted by Crippen LogP contribution is -2.09. The van der Waals surface area contributed by atoms with E-state index in [1.54, 1.807) is 18.4 Å². The molecule has 0 spiro atoms. The number of hydrogen-bond acceptors (Lipinski definition) is 4. The summed E-state index contributed by atoms with van der Waals surface area (Å²) < 4.78 is 38.1. The number of rotatable bonds is 5. The van der Waals surface area contributed by atoms with E-state index in [9.17, 15) is 12.8 Å². The molecule has 2 aromatic rings. The molecule has 0 aliphatic carbocycles. The molecule has 0 saturated heterocycles. The Hall–Kier alpha value is -1.27. The standard InChI is InChI=1S/C15H18FNO2S2/c1-10(2)15-17-13(7-20-15)9-21(18,19)8-12-5-4-11(3)6-14(12)16/h4-7,10H,8-9H2,1-3H3. The van der Waals surface area contributed by atoms with Crippen LogP contribution in [0.15, 0.2) is 23.6 Å². The van der Waals surface area contributed by atoms with Crippen LogP contribution in [0.4, 0.5) is 4.39 Å². The van der Waals surface area contributed by atoms with E-state index >= 15 is 0 Å². The molecule has 2 rings (SSSR count). The second-order valence-corrected chi connectivity index (χ2v) is 8.41. The van der Waals surface area contributed by atoms with Crippen LogP contribution in [-0.4, -0.2) is 13.4 Å². The molecule has 0 radical (unpaired) electrons. The largest absolute Gasteiger partial charge is 0.245 e. The molecule has 1 aromatic carbocycles. The highest BCUT2D eigenvalue weighted by atomic mass is 32.2. The molecule has 0 amide bonds. The summed E-state index contributed by atoms with van der Waals surface area (Å²) >= 11 is 1.46. The average Bonchev–Trinajstić information content (AvgIpc) is 2.80. The summed E-state index contributed by atoms with van der Waals surface area (Å²) in [5.74, 6) is -0.641. The molecule has 0 unspecified atom stereocenters. The van der Waals surface area contributed by atoms with Crippen molar-refractivity contribution in [1.29, 1.82) is 0 Å². The maximum absolute atomic E-state index is 13.8. The third-order valence-electron chi connectivity index (χ3n) is 3.02. The quantitative estimate of drug-likeness (QED) is 0.838. The van der Waals surface area contributed by atoms with Crippen LogP contribution in [0.5, 0.6) is 0 Å². The van der Waals surface area contributed by atoms with E-state index in [1.807, 2.05) is 13.8 Å². The fraction of sp³-hybridized carbons (Fsp3) is 0.400. The molecule has 0 fully saturated rings. The summed E-state index contributed by atoms with van der Waals surface area (Å²) in [6, 6.07) is 4.60. The zero-order chi connectivity index (χ0) is 15.6. The first kappa shape index (κ1) is 16.1. The molecular formula is C15H18FNO2S2. The maximum Gasteiger partial charge on any atom is 0.160 e. The number of aromatic nitrogens is 1. The molecule has 0 aliphatic heterocycles. The van der Waals surface area contributed by atoms with Gasteiger partial charge >= 0.3 is 0 Å². The van der Waals surface area contributed by atoms with E-state index < -0.39 is 15.7 Å². The van der Waals surface area contributed by atoms with Gasteiger partial charge in [-0.05, 0) is 18.6 Å². The maximum atomic E-state index is 13.8. The first-order chi connectivity index (χ1) is 9.77. The van der Waals surface area contributed by atoms with Crippen LogP contribution in [0.3, 0.4) is 0 Å². The third-order valence-corrected chi connectivity index (χ3v) is 5.70. The Morgan fingerprint density at radius 1 is 1.29 bits per heavy atom. The molecule has 1 aromatic heterocycles. The van der Waals surface area contributed by atoms with E-state index in [0.717, 1.165) is 10.6 Å². The Bertz CT molecular complexity index is 736. The Balaban J connectivity index is 2.14. The molecule has 1 heterocycles. The molecule has 0 N–H and O–H groups in total. The van der Waals surface area contributed by atoms with E-state index in [0.29, 0.717) is 5.69 Å². The highest BCUT2D eigenvalue weighted by Crippen LogP contribution is 2.22. The zero-order valence-corrected chi connectivity index (χ0v) is 13.9. The zero-order valence-electron chi connectivity index (χ0n) is 12.3. The van der Waals surface area contributed by atoms with Crippen molar-refractivity contribution in [3.8, 4) is 0 Å². The summed E-state index contributed by atoms with van der Waals surface area (Å²) in [6.45, 7) is 5.79. The molecule has 114 valence electrons. The Kier molecular flexibility index (Phi) is 4.78. The van der Waals surface area contributed by atoms with Gasteiger partial charge in [0.2, 0.25) is 0 Å². The second kappa shape index (κ2) is 6.23. The Morgan fingerprint density at radius 2 is 2.00 bits per heavy atom. The number of sulfone groups is 1. The van der Waals surface area contributed by atoms with Gasteiger partial charge in [-0.25, -0.2) is 17.8 Å². The van der Waals surface area contributed by atoms with Gasteiger partial charge in [0.25, 0.3) is 0 Å². The molecule has 0 atom stereocenters. The monoisotopic (exact) mass is 327 g/mol. The lowest BCUT2D eigenvalue weighted by Gasteiger charge is -2.05. The first-order valence-electron chi connectivity index (χ1n) is 6.66. The van der Waals surface area contributed by atoms with E-state index in [2.05, 4.69) is 4.98 Å². The molecule has 6 heteroatoms. The average molecular weight is 327 g/mol. The summed E-state index contributed by atoms with van der Waals surface area (Å²) in [7, 11) is -3.43. The fourth-order valence-corrected chi connectivity index (χ4v) is 4.29. The van der Waals surface area contributed by atoms with Gasteiger partial charge in [-0.1, -0.05) is 26.0 Å². The SMILES string of the molecule is Cc1ccc(CS(=O)(=O)Cc2csc(C(C)C)n2)c(F)c1. The predicted octanol–water partition coefficient (Wildman–Crippen LogP) is 3.83. The van der Waals surface area contributed by atoms with Crippen molar-refractivity contribution in [3.63, 3.8) is 0 Å². The highest BCUT2D eigenvalue weighted by molar-refractivity contribution is 7.89. The summed E-state index contributed by atoms with van der Waals surface area (Å²) in [5, 5.41) is 2.68. The molecule has 0 bridgehead atoms. The summed E-state index contributed by atoms with van der Waals surface area (Å²) in [6.07, 6.45) is 0. The summed E-state index contributed by atoms with van der Waals surface area (Å²) in [4.78, 5) is 4.32. The lowest BCUT2D eigenvalue weighted by molar-refractivity contribution is 0.585. The van der Waals surface area contributed by atoms with E-state index in [4.69, 9.17) is 0 Å². The fourth-order valence-electron chi connectivity index (χ4n) is 1.94. The minimum absolute atomic E-state index is 0.149. The van der Waals surface area contributed by atoms with Crippen molar-refractivity contribution in [3.05, 3.63) is 51.2 Å². The van der Waals surface area contributed by atoms with Crippen molar-refractivity contribution in [2.24, 2.45) is 0 Å². The van der Waals surface area contributed by atoms with Crippen molar-refractivity contribution in [1.82, 2.24) is 4.98 Å².